The number of benzene rings is 4. The van der Waals surface area contributed by atoms with Gasteiger partial charge in [0, 0.05) is 29.2 Å². The van der Waals surface area contributed by atoms with E-state index in [0.717, 1.165) is 33.2 Å². The van der Waals surface area contributed by atoms with Crippen molar-refractivity contribution in [2.45, 2.75) is 37.6 Å². The maximum absolute atomic E-state index is 13.3. The van der Waals surface area contributed by atoms with Crippen LogP contribution in [0.2, 0.25) is 0 Å². The summed E-state index contributed by atoms with van der Waals surface area (Å²) in [5.41, 5.74) is 2.59. The first-order valence-corrected chi connectivity index (χ1v) is 15.7. The molecule has 0 spiro atoms. The molecular weight excluding hydrogens is 585 g/mol. The Morgan fingerprint density at radius 3 is 2.40 bits per heavy atom. The molecule has 9 nitrogen and oxygen atoms in total. The van der Waals surface area contributed by atoms with Crippen LogP contribution in [0.4, 0.5) is 5.13 Å². The van der Waals surface area contributed by atoms with Gasteiger partial charge in [0.05, 0.1) is 14.2 Å². The van der Waals surface area contributed by atoms with Crippen molar-refractivity contribution in [3.8, 4) is 22.9 Å². The lowest BCUT2D eigenvalue weighted by atomic mass is 9.87. The first kappa shape index (κ1) is 30.0. The molecule has 0 saturated heterocycles. The molecule has 0 unspecified atom stereocenters. The minimum absolute atomic E-state index is 0.0927. The number of hydrogen-bond acceptors (Lipinski definition) is 9. The number of carbonyl (C=O) groups is 1. The Labute approximate surface area is 255 Å². The first-order chi connectivity index (χ1) is 20.5. The molecule has 4 aromatic carbocycles. The standard InChI is InChI=1S/C32H32N4O5S2/c1-32(2,3)23-12-16-27(41-5)28(18-23)43(38,39)36-30(37)22-11-15-25-21(17-22)7-6-8-26(25)29-34-31(42-35-29)33-19-20-9-13-24(40-4)14-10-20/h6-18H,19H2,1-5H3,(H,36,37)(H,33,34,35). The minimum atomic E-state index is -4.22. The minimum Gasteiger partial charge on any atom is -0.497 e. The van der Waals surface area contributed by atoms with Crippen LogP contribution in [0.5, 0.6) is 11.5 Å². The van der Waals surface area contributed by atoms with E-state index in [-0.39, 0.29) is 21.6 Å². The monoisotopic (exact) mass is 616 g/mol. The lowest BCUT2D eigenvalue weighted by Gasteiger charge is -2.21. The van der Waals surface area contributed by atoms with Gasteiger partial charge in [0.2, 0.25) is 5.13 Å². The zero-order valence-corrected chi connectivity index (χ0v) is 26.1. The number of ether oxygens (including phenoxy) is 2. The molecule has 0 radical (unpaired) electrons. The number of fused-ring (bicyclic) bond motifs is 1. The molecule has 0 fully saturated rings. The zero-order valence-electron chi connectivity index (χ0n) is 24.5. The van der Waals surface area contributed by atoms with E-state index in [2.05, 4.69) is 19.4 Å². The molecular formula is C32H32N4O5S2. The molecule has 0 bridgehead atoms. The van der Waals surface area contributed by atoms with E-state index in [1.807, 2.05) is 69.3 Å². The van der Waals surface area contributed by atoms with E-state index >= 15 is 0 Å². The number of nitrogens with zero attached hydrogens (tertiary/aromatic N) is 2. The third-order valence-corrected chi connectivity index (χ3v) is 8.98. The first-order valence-electron chi connectivity index (χ1n) is 13.5. The maximum atomic E-state index is 13.3. The lowest BCUT2D eigenvalue weighted by Crippen LogP contribution is -2.31. The highest BCUT2D eigenvalue weighted by Crippen LogP contribution is 2.32. The highest BCUT2D eigenvalue weighted by molar-refractivity contribution is 7.90. The molecule has 5 rings (SSSR count). The predicted molar refractivity (Wildman–Crippen MR) is 170 cm³/mol. The van der Waals surface area contributed by atoms with Crippen molar-refractivity contribution in [2.75, 3.05) is 19.5 Å². The predicted octanol–water partition coefficient (Wildman–Crippen LogP) is 6.40. The lowest BCUT2D eigenvalue weighted by molar-refractivity contribution is 0.0981. The van der Waals surface area contributed by atoms with E-state index in [0.29, 0.717) is 17.5 Å². The number of amides is 1. The van der Waals surface area contributed by atoms with Crippen LogP contribution >= 0.6 is 11.5 Å². The SMILES string of the molecule is COc1ccc(CNc2nc(-c3cccc4cc(C(=O)NS(=O)(=O)c5cc(C(C)(C)C)ccc5OC)ccc34)ns2)cc1. The second kappa shape index (κ2) is 12.0. The van der Waals surface area contributed by atoms with E-state index in [1.54, 1.807) is 37.4 Å². The van der Waals surface area contributed by atoms with Crippen LogP contribution in [0.1, 0.15) is 42.3 Å². The van der Waals surface area contributed by atoms with Gasteiger partial charge in [-0.25, -0.2) is 13.1 Å². The molecule has 0 aliphatic heterocycles. The molecule has 0 saturated carbocycles. The number of hydrogen-bond donors (Lipinski definition) is 2. The molecule has 43 heavy (non-hydrogen) atoms. The van der Waals surface area contributed by atoms with Crippen LogP contribution in [-0.2, 0) is 22.0 Å². The fraction of sp³-hybridized carbons (Fsp3) is 0.219. The van der Waals surface area contributed by atoms with Gasteiger partial charge in [-0.15, -0.1) is 0 Å². The van der Waals surface area contributed by atoms with Crippen molar-refractivity contribution < 1.29 is 22.7 Å². The fourth-order valence-corrected chi connectivity index (χ4v) is 6.28. The summed E-state index contributed by atoms with van der Waals surface area (Å²) in [6.07, 6.45) is 0. The summed E-state index contributed by atoms with van der Waals surface area (Å²) < 4.78 is 43.9. The fourth-order valence-electron chi connectivity index (χ4n) is 4.53. The molecule has 0 atom stereocenters. The summed E-state index contributed by atoms with van der Waals surface area (Å²) in [5.74, 6) is 0.766. The number of sulfonamides is 1. The van der Waals surface area contributed by atoms with E-state index < -0.39 is 15.9 Å². The Hall–Kier alpha value is -4.48. The second-order valence-corrected chi connectivity index (χ2v) is 13.3. The third-order valence-electron chi connectivity index (χ3n) is 6.96. The highest BCUT2D eigenvalue weighted by Gasteiger charge is 2.26. The van der Waals surface area contributed by atoms with Gasteiger partial charge in [0.15, 0.2) is 5.82 Å². The Morgan fingerprint density at radius 1 is 0.930 bits per heavy atom. The van der Waals surface area contributed by atoms with E-state index in [9.17, 15) is 13.2 Å². The maximum Gasteiger partial charge on any atom is 0.268 e. The number of carbonyl (C=O) groups excluding carboxylic acids is 1. The van der Waals surface area contributed by atoms with Gasteiger partial charge in [0.25, 0.3) is 15.9 Å². The largest absolute Gasteiger partial charge is 0.497 e. The van der Waals surface area contributed by atoms with E-state index in [4.69, 9.17) is 9.47 Å². The number of anilines is 1. The van der Waals surface area contributed by atoms with Crippen molar-refractivity contribution in [1.29, 1.82) is 0 Å². The molecule has 1 aromatic heterocycles. The van der Waals surface area contributed by atoms with Gasteiger partial charge in [0.1, 0.15) is 16.4 Å². The Kier molecular flexibility index (Phi) is 8.38. The van der Waals surface area contributed by atoms with Crippen LogP contribution in [0.25, 0.3) is 22.2 Å². The molecule has 1 amide bonds. The Balaban J connectivity index is 1.35. The summed E-state index contributed by atoms with van der Waals surface area (Å²) in [6, 6.07) is 23.4. The molecule has 222 valence electrons. The topological polar surface area (TPSA) is 120 Å². The summed E-state index contributed by atoms with van der Waals surface area (Å²) >= 11 is 1.26. The van der Waals surface area contributed by atoms with Crippen molar-refractivity contribution >= 4 is 43.4 Å². The van der Waals surface area contributed by atoms with Crippen molar-refractivity contribution in [1.82, 2.24) is 14.1 Å². The van der Waals surface area contributed by atoms with Gasteiger partial charge >= 0.3 is 0 Å². The molecule has 0 aliphatic carbocycles. The van der Waals surface area contributed by atoms with Crippen LogP contribution < -0.4 is 19.5 Å². The Morgan fingerprint density at radius 2 is 1.70 bits per heavy atom. The average molecular weight is 617 g/mol. The number of methoxy groups -OCH3 is 2. The van der Waals surface area contributed by atoms with Crippen molar-refractivity contribution in [3.05, 3.63) is 95.6 Å². The normalized spacial score (nSPS) is 11.7. The average Bonchev–Trinajstić information content (AvgIpc) is 3.47. The van der Waals surface area contributed by atoms with Crippen molar-refractivity contribution in [3.63, 3.8) is 0 Å². The smallest absolute Gasteiger partial charge is 0.268 e. The summed E-state index contributed by atoms with van der Waals surface area (Å²) in [4.78, 5) is 17.7. The summed E-state index contributed by atoms with van der Waals surface area (Å²) in [7, 11) is -1.19. The van der Waals surface area contributed by atoms with Crippen LogP contribution in [0, 0.1) is 0 Å². The van der Waals surface area contributed by atoms with Crippen LogP contribution in [0.15, 0.2) is 83.8 Å². The highest BCUT2D eigenvalue weighted by atomic mass is 32.2. The molecule has 5 aromatic rings. The summed E-state index contributed by atoms with van der Waals surface area (Å²) in [6.45, 7) is 6.53. The quantitative estimate of drug-likeness (QED) is 0.195. The second-order valence-electron chi connectivity index (χ2n) is 10.9. The molecule has 1 heterocycles. The van der Waals surface area contributed by atoms with Gasteiger partial charge in [-0.3, -0.25) is 4.79 Å². The van der Waals surface area contributed by atoms with Gasteiger partial charge in [-0.2, -0.15) is 9.36 Å². The number of rotatable bonds is 9. The molecule has 2 N–H and O–H groups in total. The number of aromatic nitrogens is 2. The van der Waals surface area contributed by atoms with Gasteiger partial charge < -0.3 is 14.8 Å². The summed E-state index contributed by atoms with van der Waals surface area (Å²) in [5, 5.41) is 5.56. The van der Waals surface area contributed by atoms with Crippen molar-refractivity contribution in [2.24, 2.45) is 0 Å². The van der Waals surface area contributed by atoms with Gasteiger partial charge in [-0.1, -0.05) is 63.2 Å². The number of nitrogens with one attached hydrogen (secondary N) is 2. The molecule has 0 aliphatic rings. The van der Waals surface area contributed by atoms with E-state index in [1.165, 1.54) is 18.6 Å². The Bertz CT molecular complexity index is 1900. The van der Waals surface area contributed by atoms with Gasteiger partial charge in [-0.05, 0) is 63.7 Å². The third kappa shape index (κ3) is 6.63. The molecule has 11 heteroatoms. The van der Waals surface area contributed by atoms with Crippen LogP contribution in [-0.4, -0.2) is 37.9 Å². The van der Waals surface area contributed by atoms with Crippen LogP contribution in [0.3, 0.4) is 0 Å². The zero-order chi connectivity index (χ0) is 30.8.